The zero-order valence-electron chi connectivity index (χ0n) is 14.3. The van der Waals surface area contributed by atoms with Gasteiger partial charge in [0.1, 0.15) is 5.75 Å². The number of ether oxygens (including phenoxy) is 1. The second kappa shape index (κ2) is 10.4. The number of nitrogens with two attached hydrogens (primary N) is 1. The van der Waals surface area contributed by atoms with Gasteiger partial charge in [-0.1, -0.05) is 18.2 Å². The van der Waals surface area contributed by atoms with E-state index in [9.17, 15) is 4.79 Å². The van der Waals surface area contributed by atoms with Crippen LogP contribution in [0.25, 0.3) is 0 Å². The van der Waals surface area contributed by atoms with Gasteiger partial charge < -0.3 is 20.7 Å². The van der Waals surface area contributed by atoms with Gasteiger partial charge >= 0.3 is 0 Å². The lowest BCUT2D eigenvalue weighted by molar-refractivity contribution is -0.119. The minimum atomic E-state index is -0.228. The first-order valence-electron chi connectivity index (χ1n) is 7.99. The van der Waals surface area contributed by atoms with E-state index in [1.165, 1.54) is 0 Å². The van der Waals surface area contributed by atoms with Crippen molar-refractivity contribution in [3.63, 3.8) is 0 Å². The van der Waals surface area contributed by atoms with Crippen LogP contribution in [0.2, 0.25) is 0 Å². The van der Waals surface area contributed by atoms with Crippen molar-refractivity contribution in [2.24, 2.45) is 16.6 Å². The molecule has 24 heavy (non-hydrogen) atoms. The van der Waals surface area contributed by atoms with E-state index in [-0.39, 0.29) is 29.9 Å². The van der Waals surface area contributed by atoms with Crippen molar-refractivity contribution in [1.29, 1.82) is 0 Å². The van der Waals surface area contributed by atoms with Crippen LogP contribution in [0.4, 0.5) is 0 Å². The number of carbonyl (C=O) groups is 1. The van der Waals surface area contributed by atoms with E-state index in [0.717, 1.165) is 43.2 Å². The van der Waals surface area contributed by atoms with E-state index in [0.29, 0.717) is 18.9 Å². The number of rotatable bonds is 5. The Kier molecular flexibility index (Phi) is 8.88. The Morgan fingerprint density at radius 3 is 2.88 bits per heavy atom. The van der Waals surface area contributed by atoms with E-state index < -0.39 is 0 Å². The number of halogens is 1. The Hall–Kier alpha value is -1.51. The first-order valence-corrected chi connectivity index (χ1v) is 7.99. The van der Waals surface area contributed by atoms with Crippen molar-refractivity contribution in [2.45, 2.75) is 25.8 Å². The normalized spacial score (nSPS) is 17.8. The molecule has 1 aromatic carbocycles. The third kappa shape index (κ3) is 5.85. The van der Waals surface area contributed by atoms with Crippen molar-refractivity contribution in [2.75, 3.05) is 27.2 Å². The van der Waals surface area contributed by atoms with Gasteiger partial charge in [0.05, 0.1) is 7.11 Å². The number of hydrogen-bond acceptors (Lipinski definition) is 3. The van der Waals surface area contributed by atoms with Gasteiger partial charge in [-0.25, -0.2) is 0 Å². The van der Waals surface area contributed by atoms with Gasteiger partial charge in [-0.05, 0) is 24.8 Å². The van der Waals surface area contributed by atoms with Crippen molar-refractivity contribution < 1.29 is 9.53 Å². The zero-order valence-corrected chi connectivity index (χ0v) is 16.7. The molecule has 1 fully saturated rings. The van der Waals surface area contributed by atoms with Gasteiger partial charge in [0.25, 0.3) is 0 Å². The molecule has 1 heterocycles. The molecule has 0 aromatic heterocycles. The lowest BCUT2D eigenvalue weighted by Crippen LogP contribution is -2.46. The molecule has 2 rings (SSSR count). The molecule has 1 saturated heterocycles. The average Bonchev–Trinajstić information content (AvgIpc) is 2.55. The van der Waals surface area contributed by atoms with E-state index >= 15 is 0 Å². The van der Waals surface area contributed by atoms with Gasteiger partial charge in [-0.3, -0.25) is 9.79 Å². The highest BCUT2D eigenvalue weighted by atomic mass is 127. The lowest BCUT2D eigenvalue weighted by atomic mass is 9.95. The molecule has 0 spiro atoms. The maximum atomic E-state index is 11.1. The predicted molar refractivity (Wildman–Crippen MR) is 107 cm³/mol. The number of nitrogens with zero attached hydrogens (tertiary/aromatic N) is 2. The molecule has 6 nitrogen and oxygen atoms in total. The monoisotopic (exact) mass is 446 g/mol. The van der Waals surface area contributed by atoms with Crippen LogP contribution in [0.1, 0.15) is 24.8 Å². The summed E-state index contributed by atoms with van der Waals surface area (Å²) in [4.78, 5) is 17.7. The summed E-state index contributed by atoms with van der Waals surface area (Å²) in [6, 6.07) is 7.93. The minimum Gasteiger partial charge on any atom is -0.496 e. The number of likely N-dealkylation sites (tertiary alicyclic amines) is 1. The van der Waals surface area contributed by atoms with Crippen LogP contribution < -0.4 is 15.8 Å². The fraction of sp³-hybridized carbons (Fsp3) is 0.529. The highest BCUT2D eigenvalue weighted by Gasteiger charge is 2.23. The fourth-order valence-corrected chi connectivity index (χ4v) is 3.06. The molecule has 0 aliphatic carbocycles. The van der Waals surface area contributed by atoms with Crippen LogP contribution in [0.15, 0.2) is 29.3 Å². The number of amides is 1. The summed E-state index contributed by atoms with van der Waals surface area (Å²) >= 11 is 0. The summed E-state index contributed by atoms with van der Waals surface area (Å²) < 4.78 is 5.37. The molecule has 1 amide bonds. The summed E-state index contributed by atoms with van der Waals surface area (Å²) in [5.41, 5.74) is 6.41. The van der Waals surface area contributed by atoms with E-state index in [2.05, 4.69) is 15.2 Å². The Bertz CT molecular complexity index is 565. The zero-order chi connectivity index (χ0) is 16.7. The Morgan fingerprint density at radius 1 is 1.46 bits per heavy atom. The topological polar surface area (TPSA) is 80.0 Å². The van der Waals surface area contributed by atoms with Crippen LogP contribution in [0, 0.1) is 5.92 Å². The van der Waals surface area contributed by atoms with E-state index in [1.807, 2.05) is 24.3 Å². The van der Waals surface area contributed by atoms with Gasteiger partial charge in [0.15, 0.2) is 5.96 Å². The smallest absolute Gasteiger partial charge is 0.217 e. The second-order valence-electron chi connectivity index (χ2n) is 5.84. The number of para-hydroxylation sites is 1. The SMILES string of the molecule is CN=C(NCc1ccccc1OC)N1CCCC(CC(N)=O)C1.I. The molecule has 1 unspecified atom stereocenters. The van der Waals surface area contributed by atoms with Crippen molar-refractivity contribution in [3.05, 3.63) is 29.8 Å². The van der Waals surface area contributed by atoms with Gasteiger partial charge in [0.2, 0.25) is 5.91 Å². The average molecular weight is 446 g/mol. The van der Waals surface area contributed by atoms with Crippen molar-refractivity contribution in [1.82, 2.24) is 10.2 Å². The van der Waals surface area contributed by atoms with Crippen molar-refractivity contribution in [3.8, 4) is 5.75 Å². The van der Waals surface area contributed by atoms with Crippen molar-refractivity contribution >= 4 is 35.8 Å². The standard InChI is InChI=1S/C17H26N4O2.HI/c1-19-17(20-11-14-7-3-4-8-15(14)23-2)21-9-5-6-13(12-21)10-16(18)22;/h3-4,7-8,13H,5-6,9-12H2,1-2H3,(H2,18,22)(H,19,20);1H. The molecule has 7 heteroatoms. The van der Waals surface area contributed by atoms with Crippen LogP contribution in [0.3, 0.4) is 0 Å². The number of guanidine groups is 1. The van der Waals surface area contributed by atoms with Gasteiger partial charge in [-0.2, -0.15) is 0 Å². The van der Waals surface area contributed by atoms with Gasteiger partial charge in [-0.15, -0.1) is 24.0 Å². The molecular formula is C17H27IN4O2. The molecule has 134 valence electrons. The number of carbonyl (C=O) groups excluding carboxylic acids is 1. The second-order valence-corrected chi connectivity index (χ2v) is 5.84. The summed E-state index contributed by atoms with van der Waals surface area (Å²) in [5.74, 6) is 1.80. The predicted octanol–water partition coefficient (Wildman–Crippen LogP) is 1.98. The number of benzene rings is 1. The van der Waals surface area contributed by atoms with Gasteiger partial charge in [0, 0.05) is 38.7 Å². The molecule has 3 N–H and O–H groups in total. The maximum Gasteiger partial charge on any atom is 0.217 e. The Morgan fingerprint density at radius 2 is 2.21 bits per heavy atom. The number of primary amides is 1. The van der Waals surface area contributed by atoms with Crippen LogP contribution in [-0.4, -0.2) is 44.0 Å². The first-order chi connectivity index (χ1) is 11.1. The molecule has 0 radical (unpaired) electrons. The third-order valence-electron chi connectivity index (χ3n) is 4.15. The Labute approximate surface area is 160 Å². The highest BCUT2D eigenvalue weighted by Crippen LogP contribution is 2.20. The van der Waals surface area contributed by atoms with Crippen LogP contribution in [0.5, 0.6) is 5.75 Å². The lowest BCUT2D eigenvalue weighted by Gasteiger charge is -2.34. The fourth-order valence-electron chi connectivity index (χ4n) is 3.06. The summed E-state index contributed by atoms with van der Waals surface area (Å²) in [7, 11) is 3.45. The number of piperidine rings is 1. The molecular weight excluding hydrogens is 419 g/mol. The molecule has 1 aliphatic rings. The molecule has 1 aromatic rings. The third-order valence-corrected chi connectivity index (χ3v) is 4.15. The molecule has 0 saturated carbocycles. The van der Waals surface area contributed by atoms with Crippen LogP contribution in [-0.2, 0) is 11.3 Å². The maximum absolute atomic E-state index is 11.1. The number of nitrogens with one attached hydrogen (secondary N) is 1. The van der Waals surface area contributed by atoms with E-state index in [1.54, 1.807) is 14.2 Å². The first kappa shape index (κ1) is 20.5. The summed E-state index contributed by atoms with van der Waals surface area (Å²) in [5, 5.41) is 3.38. The summed E-state index contributed by atoms with van der Waals surface area (Å²) in [6.07, 6.45) is 2.54. The summed E-state index contributed by atoms with van der Waals surface area (Å²) in [6.45, 7) is 2.41. The quantitative estimate of drug-likeness (QED) is 0.412. The number of aliphatic imine (C=N–C) groups is 1. The molecule has 0 bridgehead atoms. The largest absolute Gasteiger partial charge is 0.496 e. The van der Waals surface area contributed by atoms with E-state index in [4.69, 9.17) is 10.5 Å². The molecule has 1 atom stereocenters. The van der Waals surface area contributed by atoms with Crippen LogP contribution >= 0.6 is 24.0 Å². The highest BCUT2D eigenvalue weighted by molar-refractivity contribution is 14.0. The molecule has 1 aliphatic heterocycles. The minimum absolute atomic E-state index is 0. The number of methoxy groups -OCH3 is 1. The Balaban J connectivity index is 0.00000288. The number of hydrogen-bond donors (Lipinski definition) is 2.